The summed E-state index contributed by atoms with van der Waals surface area (Å²) in [6.07, 6.45) is 63.4. The molecule has 0 aromatic carbocycles. The Kier molecular flexibility index (Phi) is 51.4. The zero-order valence-corrected chi connectivity index (χ0v) is 50.2. The van der Waals surface area contributed by atoms with E-state index in [0.29, 0.717) is 12.8 Å². The lowest BCUT2D eigenvalue weighted by Gasteiger charge is -2.41. The number of carbonyl (C=O) groups is 2. The van der Waals surface area contributed by atoms with Gasteiger partial charge in [0.25, 0.3) is 0 Å². The van der Waals surface area contributed by atoms with Crippen molar-refractivity contribution < 1.29 is 49.3 Å². The van der Waals surface area contributed by atoms with Gasteiger partial charge < -0.3 is 45.1 Å². The van der Waals surface area contributed by atoms with Crippen molar-refractivity contribution in [1.82, 2.24) is 5.32 Å². The number of nitrogens with one attached hydrogen (secondary N) is 1. The van der Waals surface area contributed by atoms with E-state index in [9.17, 15) is 35.1 Å². The molecule has 0 spiro atoms. The van der Waals surface area contributed by atoms with Crippen molar-refractivity contribution in [2.24, 2.45) is 0 Å². The summed E-state index contributed by atoms with van der Waals surface area (Å²) in [5.74, 6) is -1.27. The maximum Gasteiger partial charge on any atom is 0.306 e. The number of ether oxygens (including phenoxy) is 3. The minimum absolute atomic E-state index is 0.0789. The van der Waals surface area contributed by atoms with Crippen LogP contribution < -0.4 is 5.32 Å². The summed E-state index contributed by atoms with van der Waals surface area (Å²) in [5, 5.41) is 56.8. The van der Waals surface area contributed by atoms with Gasteiger partial charge >= 0.3 is 5.97 Å². The van der Waals surface area contributed by atoms with Crippen molar-refractivity contribution in [2.45, 2.75) is 307 Å². The molecule has 11 heteroatoms. The molecular formula is C68H117NO10. The number of amides is 1. The number of esters is 1. The first kappa shape index (κ1) is 73.6. The summed E-state index contributed by atoms with van der Waals surface area (Å²) in [7, 11) is 0. The Morgan fingerprint density at radius 1 is 0.506 bits per heavy atom. The summed E-state index contributed by atoms with van der Waals surface area (Å²) < 4.78 is 17.6. The SMILES string of the molecule is CC/C=C\C/C=C\C/C=C\C/C=C\C/C=C\CCCCCCCCCCCCCC(=O)OC1C(OCC(NC(=O)C(O)C/C=C/C/C=C\CCCCCCCC)C(O)/C=C/CCCCCCCCCCC)OC(CO)C(O)C1O. The van der Waals surface area contributed by atoms with Crippen LogP contribution in [0.3, 0.4) is 0 Å². The second kappa shape index (κ2) is 55.1. The first-order valence-electron chi connectivity index (χ1n) is 32.0. The Morgan fingerprint density at radius 3 is 1.37 bits per heavy atom. The molecule has 79 heavy (non-hydrogen) atoms. The van der Waals surface area contributed by atoms with Gasteiger partial charge in [0.05, 0.1) is 25.4 Å². The predicted molar refractivity (Wildman–Crippen MR) is 329 cm³/mol. The quantitative estimate of drug-likeness (QED) is 0.0195. The third-order valence-electron chi connectivity index (χ3n) is 14.5. The van der Waals surface area contributed by atoms with Crippen LogP contribution in [0.4, 0.5) is 0 Å². The van der Waals surface area contributed by atoms with Gasteiger partial charge in [-0.05, 0) is 83.5 Å². The normalized spacial score (nSPS) is 19.5. The maximum absolute atomic E-state index is 13.3. The second-order valence-electron chi connectivity index (χ2n) is 21.8. The van der Waals surface area contributed by atoms with E-state index in [1.807, 2.05) is 12.2 Å². The zero-order valence-electron chi connectivity index (χ0n) is 50.2. The standard InChI is InChI=1S/C68H117NO10/c1-4-7-10-13-16-19-22-24-25-26-27-28-29-30-31-32-33-34-35-36-37-38-41-44-47-50-53-56-63(73)79-66-65(75)64(74)62(57-70)78-68(66)77-58-59(60(71)54-51-48-45-42-39-21-18-15-12-9-6-3)69-67(76)61(72)55-52-49-46-43-40-23-20-17-14-11-8-5-2/h7,10,16,19,24-25,27-28,30-31,40,43,49,51-52,54,59-62,64-66,68,70-72,74-75H,4-6,8-9,11-15,17-18,20-23,26,29,32-39,41-42,44-48,50,53,55-58H2,1-3H3,(H,69,76)/b10-7-,19-16-,25-24-,28-27-,31-30-,43-40-,52-49+,54-51+. The van der Waals surface area contributed by atoms with E-state index in [-0.39, 0.29) is 19.4 Å². The molecule has 0 radical (unpaired) electrons. The van der Waals surface area contributed by atoms with E-state index < -0.39 is 67.4 Å². The highest BCUT2D eigenvalue weighted by Crippen LogP contribution is 2.26. The third kappa shape index (κ3) is 43.0. The van der Waals surface area contributed by atoms with E-state index in [1.165, 1.54) is 116 Å². The van der Waals surface area contributed by atoms with Crippen LogP contribution in [0.25, 0.3) is 0 Å². The van der Waals surface area contributed by atoms with E-state index in [2.05, 4.69) is 99.0 Å². The van der Waals surface area contributed by atoms with Crippen LogP contribution in [-0.4, -0.2) is 99.6 Å². The minimum Gasteiger partial charge on any atom is -0.454 e. The van der Waals surface area contributed by atoms with E-state index in [0.717, 1.165) is 96.3 Å². The van der Waals surface area contributed by atoms with Crippen molar-refractivity contribution >= 4 is 11.9 Å². The molecule has 1 aliphatic heterocycles. The zero-order chi connectivity index (χ0) is 57.5. The van der Waals surface area contributed by atoms with Crippen LogP contribution in [-0.2, 0) is 23.8 Å². The number of carbonyl (C=O) groups excluding carboxylic acids is 2. The first-order chi connectivity index (χ1) is 38.7. The molecule has 8 unspecified atom stereocenters. The Hall–Kier alpha value is -3.42. The highest BCUT2D eigenvalue weighted by molar-refractivity contribution is 5.81. The molecule has 11 nitrogen and oxygen atoms in total. The molecule has 6 N–H and O–H groups in total. The van der Waals surface area contributed by atoms with Crippen LogP contribution in [0.1, 0.15) is 258 Å². The number of aliphatic hydroxyl groups is 5. The van der Waals surface area contributed by atoms with Gasteiger partial charge in [-0.15, -0.1) is 0 Å². The lowest BCUT2D eigenvalue weighted by atomic mass is 9.99. The Bertz CT molecular complexity index is 1650. The Balaban J connectivity index is 2.58. The van der Waals surface area contributed by atoms with Crippen LogP contribution in [0.2, 0.25) is 0 Å². The largest absolute Gasteiger partial charge is 0.454 e. The number of hydrogen-bond donors (Lipinski definition) is 6. The molecule has 1 rings (SSSR count). The van der Waals surface area contributed by atoms with Crippen molar-refractivity contribution in [1.29, 1.82) is 0 Å². The highest BCUT2D eigenvalue weighted by atomic mass is 16.7. The second-order valence-corrected chi connectivity index (χ2v) is 21.8. The molecule has 0 aromatic rings. The van der Waals surface area contributed by atoms with Gasteiger partial charge in [-0.25, -0.2) is 0 Å². The van der Waals surface area contributed by atoms with E-state index in [4.69, 9.17) is 14.2 Å². The molecule has 1 aliphatic rings. The average molecular weight is 1110 g/mol. The summed E-state index contributed by atoms with van der Waals surface area (Å²) in [4.78, 5) is 26.5. The molecule has 8 atom stereocenters. The monoisotopic (exact) mass is 1110 g/mol. The molecule has 0 aromatic heterocycles. The lowest BCUT2D eigenvalue weighted by Crippen LogP contribution is -2.61. The van der Waals surface area contributed by atoms with Gasteiger partial charge in [0, 0.05) is 12.8 Å². The van der Waals surface area contributed by atoms with E-state index in [1.54, 1.807) is 12.2 Å². The molecule has 454 valence electrons. The molecule has 1 heterocycles. The average Bonchev–Trinajstić information content (AvgIpc) is 3.47. The topological polar surface area (TPSA) is 175 Å². The molecule has 0 bridgehead atoms. The number of aliphatic hydroxyl groups excluding tert-OH is 5. The Labute approximate surface area is 482 Å². The lowest BCUT2D eigenvalue weighted by molar-refractivity contribution is -0.305. The summed E-state index contributed by atoms with van der Waals surface area (Å²) >= 11 is 0. The van der Waals surface area contributed by atoms with Gasteiger partial charge in [0.2, 0.25) is 5.91 Å². The number of allylic oxidation sites excluding steroid dienone is 14. The van der Waals surface area contributed by atoms with Crippen molar-refractivity contribution in [2.75, 3.05) is 13.2 Å². The third-order valence-corrected chi connectivity index (χ3v) is 14.5. The smallest absolute Gasteiger partial charge is 0.306 e. The summed E-state index contributed by atoms with van der Waals surface area (Å²) in [6, 6.07) is -1.06. The van der Waals surface area contributed by atoms with E-state index >= 15 is 0 Å². The number of hydrogen-bond acceptors (Lipinski definition) is 10. The predicted octanol–water partition coefficient (Wildman–Crippen LogP) is 15.5. The molecule has 1 saturated heterocycles. The molecular weight excluding hydrogens is 991 g/mol. The van der Waals surface area contributed by atoms with Crippen LogP contribution in [0, 0.1) is 0 Å². The van der Waals surface area contributed by atoms with Crippen LogP contribution in [0.15, 0.2) is 97.2 Å². The highest BCUT2D eigenvalue weighted by Gasteiger charge is 2.47. The van der Waals surface area contributed by atoms with Crippen molar-refractivity contribution in [3.63, 3.8) is 0 Å². The van der Waals surface area contributed by atoms with Gasteiger partial charge in [-0.2, -0.15) is 0 Å². The first-order valence-corrected chi connectivity index (χ1v) is 32.0. The fourth-order valence-corrected chi connectivity index (χ4v) is 9.43. The van der Waals surface area contributed by atoms with Crippen molar-refractivity contribution in [3.05, 3.63) is 97.2 Å². The van der Waals surface area contributed by atoms with Gasteiger partial charge in [0.1, 0.15) is 24.4 Å². The molecule has 0 aliphatic carbocycles. The minimum atomic E-state index is -1.63. The summed E-state index contributed by atoms with van der Waals surface area (Å²) in [5.41, 5.74) is 0. The number of unbranched alkanes of at least 4 members (excludes halogenated alkanes) is 26. The van der Waals surface area contributed by atoms with Gasteiger partial charge in [0.15, 0.2) is 12.4 Å². The fourth-order valence-electron chi connectivity index (χ4n) is 9.43. The molecule has 1 amide bonds. The fraction of sp³-hybridized carbons (Fsp3) is 0.735. The van der Waals surface area contributed by atoms with Gasteiger partial charge in [-0.3, -0.25) is 9.59 Å². The number of rotatable bonds is 53. The maximum atomic E-state index is 13.3. The van der Waals surface area contributed by atoms with Crippen molar-refractivity contribution in [3.8, 4) is 0 Å². The molecule has 1 fully saturated rings. The Morgan fingerprint density at radius 2 is 0.911 bits per heavy atom. The summed E-state index contributed by atoms with van der Waals surface area (Å²) in [6.45, 7) is 5.61. The molecule has 0 saturated carbocycles. The van der Waals surface area contributed by atoms with Gasteiger partial charge in [-0.1, -0.05) is 259 Å². The van der Waals surface area contributed by atoms with Crippen LogP contribution >= 0.6 is 0 Å². The van der Waals surface area contributed by atoms with Crippen LogP contribution in [0.5, 0.6) is 0 Å².